The van der Waals surface area contributed by atoms with Crippen LogP contribution in [0.5, 0.6) is 0 Å². The van der Waals surface area contributed by atoms with Crippen molar-refractivity contribution in [3.05, 3.63) is 104 Å². The molecule has 1 heterocycles. The standard InChI is InChI=1S/C31H32Cl2N4O4/c1-18-6-8-19(9-7-18)16-37-13-12-23-21(17-37)14-24(32)27(28(23)33)29(38)35-26(30(39)40)15-34-31(41)36-25-11-10-20-4-2-3-5-22(20)25/h2-9,14,25-26H,10-13,15-17H2,1H3,(H,35,38)(H,39,40)(H2,34,36,41). The highest BCUT2D eigenvalue weighted by molar-refractivity contribution is 6.40. The van der Waals surface area contributed by atoms with Gasteiger partial charge in [-0.1, -0.05) is 77.3 Å². The lowest BCUT2D eigenvalue weighted by Crippen LogP contribution is -2.50. The third-order valence-electron chi connectivity index (χ3n) is 7.75. The SMILES string of the molecule is Cc1ccc(CN2CCc3c(cc(Cl)c(C(=O)NC(CNC(=O)NC4CCc5ccccc54)C(=O)O)c3Cl)C2)cc1. The molecule has 10 heteroatoms. The van der Waals surface area contributed by atoms with E-state index in [9.17, 15) is 19.5 Å². The van der Waals surface area contributed by atoms with E-state index in [1.54, 1.807) is 6.07 Å². The highest BCUT2D eigenvalue weighted by atomic mass is 35.5. The lowest BCUT2D eigenvalue weighted by atomic mass is 9.96. The molecule has 2 unspecified atom stereocenters. The number of carbonyl (C=O) groups is 3. The maximum atomic E-state index is 13.2. The number of rotatable bonds is 8. The summed E-state index contributed by atoms with van der Waals surface area (Å²) in [5.41, 5.74) is 6.48. The molecule has 0 aromatic heterocycles. The molecule has 0 radical (unpaired) electrons. The summed E-state index contributed by atoms with van der Waals surface area (Å²) in [6, 6.07) is 16.0. The van der Waals surface area contributed by atoms with Crippen molar-refractivity contribution in [1.82, 2.24) is 20.9 Å². The quantitative estimate of drug-likeness (QED) is 0.292. The average Bonchev–Trinajstić information content (AvgIpc) is 3.34. The molecule has 41 heavy (non-hydrogen) atoms. The summed E-state index contributed by atoms with van der Waals surface area (Å²) in [7, 11) is 0. The van der Waals surface area contributed by atoms with Crippen LogP contribution in [0.2, 0.25) is 10.0 Å². The minimum Gasteiger partial charge on any atom is -0.480 e. The third kappa shape index (κ3) is 6.67. The van der Waals surface area contributed by atoms with Crippen LogP contribution in [0.3, 0.4) is 0 Å². The lowest BCUT2D eigenvalue weighted by Gasteiger charge is -2.30. The van der Waals surface area contributed by atoms with Gasteiger partial charge in [0.15, 0.2) is 0 Å². The first-order chi connectivity index (χ1) is 19.7. The number of carboxylic acids is 1. The fourth-order valence-corrected chi connectivity index (χ4v) is 6.31. The number of carbonyl (C=O) groups excluding carboxylic acids is 2. The molecular weight excluding hydrogens is 563 g/mol. The van der Waals surface area contributed by atoms with Crippen LogP contribution in [0.25, 0.3) is 0 Å². The molecule has 3 aromatic rings. The molecule has 0 saturated heterocycles. The number of benzene rings is 3. The molecule has 5 rings (SSSR count). The van der Waals surface area contributed by atoms with Crippen LogP contribution in [0.1, 0.15) is 56.2 Å². The van der Waals surface area contributed by atoms with Gasteiger partial charge >= 0.3 is 12.0 Å². The highest BCUT2D eigenvalue weighted by Gasteiger charge is 2.29. The van der Waals surface area contributed by atoms with Crippen molar-refractivity contribution in [3.8, 4) is 0 Å². The van der Waals surface area contributed by atoms with Gasteiger partial charge in [0.25, 0.3) is 5.91 Å². The second kappa shape index (κ2) is 12.5. The molecule has 0 fully saturated rings. The van der Waals surface area contributed by atoms with E-state index in [2.05, 4.69) is 52.0 Å². The second-order valence-electron chi connectivity index (χ2n) is 10.6. The van der Waals surface area contributed by atoms with Crippen molar-refractivity contribution in [3.63, 3.8) is 0 Å². The number of urea groups is 1. The van der Waals surface area contributed by atoms with Crippen molar-refractivity contribution in [2.75, 3.05) is 13.1 Å². The summed E-state index contributed by atoms with van der Waals surface area (Å²) in [5.74, 6) is -1.99. The Morgan fingerprint density at radius 2 is 1.80 bits per heavy atom. The maximum Gasteiger partial charge on any atom is 0.328 e. The van der Waals surface area contributed by atoms with E-state index in [1.165, 1.54) is 16.7 Å². The molecule has 214 valence electrons. The summed E-state index contributed by atoms with van der Waals surface area (Å²) in [6.45, 7) is 3.92. The van der Waals surface area contributed by atoms with Gasteiger partial charge in [0, 0.05) is 19.6 Å². The van der Waals surface area contributed by atoms with Crippen molar-refractivity contribution >= 4 is 41.1 Å². The van der Waals surface area contributed by atoms with Crippen LogP contribution in [0, 0.1) is 6.92 Å². The van der Waals surface area contributed by atoms with Gasteiger partial charge in [-0.2, -0.15) is 0 Å². The van der Waals surface area contributed by atoms with Crippen LogP contribution in [0.15, 0.2) is 54.6 Å². The van der Waals surface area contributed by atoms with Crippen molar-refractivity contribution in [1.29, 1.82) is 0 Å². The van der Waals surface area contributed by atoms with Crippen LogP contribution in [-0.4, -0.2) is 47.0 Å². The zero-order chi connectivity index (χ0) is 29.1. The number of nitrogens with zero attached hydrogens (tertiary/aromatic N) is 1. The molecular formula is C31H32Cl2N4O4. The van der Waals surface area contributed by atoms with E-state index in [-0.39, 0.29) is 28.2 Å². The monoisotopic (exact) mass is 594 g/mol. The van der Waals surface area contributed by atoms with Gasteiger partial charge in [-0.15, -0.1) is 0 Å². The summed E-state index contributed by atoms with van der Waals surface area (Å²) in [6.07, 6.45) is 2.26. The molecule has 2 atom stereocenters. The van der Waals surface area contributed by atoms with E-state index in [0.717, 1.165) is 42.6 Å². The number of hydrogen-bond acceptors (Lipinski definition) is 4. The number of halogens is 2. The summed E-state index contributed by atoms with van der Waals surface area (Å²) in [4.78, 5) is 40.0. The number of fused-ring (bicyclic) bond motifs is 2. The zero-order valence-electron chi connectivity index (χ0n) is 22.7. The van der Waals surface area contributed by atoms with Crippen LogP contribution >= 0.6 is 23.2 Å². The van der Waals surface area contributed by atoms with Gasteiger partial charge in [0.1, 0.15) is 6.04 Å². The molecule has 0 spiro atoms. The summed E-state index contributed by atoms with van der Waals surface area (Å²) in [5, 5.41) is 18.0. The van der Waals surface area contributed by atoms with E-state index in [1.807, 2.05) is 24.3 Å². The summed E-state index contributed by atoms with van der Waals surface area (Å²) < 4.78 is 0. The lowest BCUT2D eigenvalue weighted by molar-refractivity contribution is -0.139. The molecule has 2 aliphatic rings. The van der Waals surface area contributed by atoms with E-state index >= 15 is 0 Å². The first-order valence-electron chi connectivity index (χ1n) is 13.6. The van der Waals surface area contributed by atoms with Crippen LogP contribution < -0.4 is 16.0 Å². The second-order valence-corrected chi connectivity index (χ2v) is 11.4. The van der Waals surface area contributed by atoms with E-state index in [0.29, 0.717) is 13.0 Å². The van der Waals surface area contributed by atoms with Crippen molar-refractivity contribution < 1.29 is 19.5 Å². The Hall–Kier alpha value is -3.59. The molecule has 4 N–H and O–H groups in total. The van der Waals surface area contributed by atoms with Crippen LogP contribution in [-0.2, 0) is 30.7 Å². The van der Waals surface area contributed by atoms with E-state index in [4.69, 9.17) is 23.2 Å². The minimum atomic E-state index is -1.38. The van der Waals surface area contributed by atoms with Gasteiger partial charge in [-0.25, -0.2) is 9.59 Å². The van der Waals surface area contributed by atoms with Gasteiger partial charge in [-0.05, 0) is 60.1 Å². The highest BCUT2D eigenvalue weighted by Crippen LogP contribution is 2.35. The molecule has 8 nitrogen and oxygen atoms in total. The fourth-order valence-electron chi connectivity index (χ4n) is 5.55. The Bertz CT molecular complexity index is 1480. The molecule has 3 aromatic carbocycles. The number of nitrogens with one attached hydrogen (secondary N) is 3. The molecule has 1 aliphatic heterocycles. The average molecular weight is 596 g/mol. The van der Waals surface area contributed by atoms with Gasteiger partial charge < -0.3 is 21.1 Å². The number of aryl methyl sites for hydroxylation is 2. The van der Waals surface area contributed by atoms with Gasteiger partial charge in [0.2, 0.25) is 0 Å². The Morgan fingerprint density at radius 3 is 2.56 bits per heavy atom. The maximum absolute atomic E-state index is 13.2. The number of amides is 3. The molecule has 1 aliphatic carbocycles. The Balaban J connectivity index is 1.21. The first kappa shape index (κ1) is 28.9. The van der Waals surface area contributed by atoms with Crippen LogP contribution in [0.4, 0.5) is 4.79 Å². The normalized spacial score (nSPS) is 16.8. The number of aliphatic carboxylic acids is 1. The zero-order valence-corrected chi connectivity index (χ0v) is 24.2. The Kier molecular flexibility index (Phi) is 8.82. The smallest absolute Gasteiger partial charge is 0.328 e. The minimum absolute atomic E-state index is 0.0392. The first-order valence-corrected chi connectivity index (χ1v) is 14.4. The van der Waals surface area contributed by atoms with Crippen molar-refractivity contribution in [2.24, 2.45) is 0 Å². The predicted octanol–water partition coefficient (Wildman–Crippen LogP) is 5.03. The predicted molar refractivity (Wildman–Crippen MR) is 158 cm³/mol. The van der Waals surface area contributed by atoms with Gasteiger partial charge in [-0.3, -0.25) is 9.69 Å². The Labute approximate surface area is 249 Å². The third-order valence-corrected chi connectivity index (χ3v) is 8.46. The molecule has 0 saturated carbocycles. The topological polar surface area (TPSA) is 111 Å². The molecule has 3 amide bonds. The fraction of sp³-hybridized carbons (Fsp3) is 0.323. The summed E-state index contributed by atoms with van der Waals surface area (Å²) >= 11 is 13.2. The number of carboxylic acid groups (broad SMARTS) is 1. The number of hydrogen-bond donors (Lipinski definition) is 4. The van der Waals surface area contributed by atoms with E-state index < -0.39 is 23.9 Å². The Morgan fingerprint density at radius 1 is 1.05 bits per heavy atom. The largest absolute Gasteiger partial charge is 0.480 e. The van der Waals surface area contributed by atoms with Gasteiger partial charge in [0.05, 0.1) is 28.2 Å². The molecule has 0 bridgehead atoms. The van der Waals surface area contributed by atoms with Crippen molar-refractivity contribution in [2.45, 2.75) is 51.4 Å².